The highest BCUT2D eigenvalue weighted by molar-refractivity contribution is 7.94. The zero-order valence-electron chi connectivity index (χ0n) is 21.8. The lowest BCUT2D eigenvalue weighted by Gasteiger charge is -2.27. The summed E-state index contributed by atoms with van der Waals surface area (Å²) in [7, 11) is -4.68. The van der Waals surface area contributed by atoms with Crippen LogP contribution >= 0.6 is 11.8 Å². The van der Waals surface area contributed by atoms with E-state index in [4.69, 9.17) is 17.5 Å². The number of hydrogen-bond acceptors (Lipinski definition) is 7. The number of alkyl halides is 3. The first-order valence-corrected chi connectivity index (χ1v) is 14.6. The number of rotatable bonds is 8. The maximum absolute atomic E-state index is 15.0. The van der Waals surface area contributed by atoms with Crippen LogP contribution in [0, 0.1) is 5.82 Å². The zero-order valence-corrected chi connectivity index (χ0v) is 23.3. The van der Waals surface area contributed by atoms with E-state index in [1.807, 2.05) is 0 Å². The van der Waals surface area contributed by atoms with Gasteiger partial charge in [-0.2, -0.15) is 22.0 Å². The molecule has 1 saturated carbocycles. The highest BCUT2D eigenvalue weighted by atomic mass is 35.5. The average molecular weight is 605 g/mol. The topological polar surface area (TPSA) is 123 Å². The molecule has 0 aliphatic heterocycles. The minimum atomic E-state index is -4.73. The third-order valence-electron chi connectivity index (χ3n) is 6.67. The Bertz CT molecular complexity index is 1560. The molecule has 2 atom stereocenters. The van der Waals surface area contributed by atoms with Gasteiger partial charge in [-0.15, -0.1) is 0 Å². The summed E-state index contributed by atoms with van der Waals surface area (Å²) >= 11 is 5.74. The van der Waals surface area contributed by atoms with Crippen molar-refractivity contribution in [1.82, 2.24) is 14.5 Å². The van der Waals surface area contributed by atoms with Crippen molar-refractivity contribution in [2.75, 3.05) is 14.9 Å². The van der Waals surface area contributed by atoms with Gasteiger partial charge < -0.3 is 11.1 Å². The number of benzene rings is 1. The normalized spacial score (nSPS) is 18.3. The molecule has 0 saturated heterocycles. The van der Waals surface area contributed by atoms with Gasteiger partial charge in [0.2, 0.25) is 16.0 Å². The summed E-state index contributed by atoms with van der Waals surface area (Å²) in [6.07, 6.45) is -1.17. The number of aromatic nitrogens is 3. The molecule has 1 fully saturated rings. The van der Waals surface area contributed by atoms with Crippen LogP contribution in [-0.4, -0.2) is 47.0 Å². The second kappa shape index (κ2) is 11.5. The smallest absolute Gasteiger partial charge is 0.351 e. The van der Waals surface area contributed by atoms with E-state index < -0.39 is 45.4 Å². The number of sulfonamides is 1. The predicted molar refractivity (Wildman–Crippen MR) is 146 cm³/mol. The molecule has 15 heteroatoms. The summed E-state index contributed by atoms with van der Waals surface area (Å²) in [4.78, 5) is 22.5. The van der Waals surface area contributed by atoms with Crippen LogP contribution in [0.15, 0.2) is 35.3 Å². The molecule has 218 valence electrons. The Morgan fingerprint density at radius 1 is 1.25 bits per heavy atom. The number of nitrogens with zero attached hydrogens (tertiary/aromatic N) is 4. The molecule has 0 bridgehead atoms. The fourth-order valence-electron chi connectivity index (χ4n) is 4.71. The van der Waals surface area contributed by atoms with Gasteiger partial charge in [-0.3, -0.25) is 9.36 Å². The van der Waals surface area contributed by atoms with Crippen LogP contribution in [0.3, 0.4) is 0 Å². The van der Waals surface area contributed by atoms with E-state index in [2.05, 4.69) is 15.3 Å². The molecule has 4 rings (SSSR count). The number of nitrogens with two attached hydrogens (primary N) is 1. The molecule has 3 N–H and O–H groups in total. The van der Waals surface area contributed by atoms with Crippen LogP contribution in [0.4, 0.5) is 29.2 Å². The third kappa shape index (κ3) is 6.66. The number of nitrogens with one attached hydrogen (secondary N) is 1. The summed E-state index contributed by atoms with van der Waals surface area (Å²) in [6.45, 7) is 3.59. The van der Waals surface area contributed by atoms with E-state index in [0.717, 1.165) is 37.8 Å². The monoisotopic (exact) mass is 604 g/mol. The van der Waals surface area contributed by atoms with Gasteiger partial charge in [-0.25, -0.2) is 17.8 Å². The Kier molecular flexibility index (Phi) is 8.62. The average Bonchev–Trinajstić information content (AvgIpc) is 2.86. The van der Waals surface area contributed by atoms with Crippen molar-refractivity contribution in [3.8, 4) is 11.1 Å². The Balaban J connectivity index is 1.69. The minimum Gasteiger partial charge on any atom is -0.351 e. The number of hydrogen-bond donors (Lipinski definition) is 2. The molecule has 1 aliphatic carbocycles. The number of fused-ring (bicyclic) bond motifs is 1. The van der Waals surface area contributed by atoms with E-state index in [9.17, 15) is 26.4 Å². The third-order valence-corrected chi connectivity index (χ3v) is 8.89. The van der Waals surface area contributed by atoms with E-state index in [-0.39, 0.29) is 33.1 Å². The van der Waals surface area contributed by atoms with Crippen LogP contribution in [0.5, 0.6) is 0 Å². The maximum atomic E-state index is 15.0. The molecule has 2 heterocycles. The minimum absolute atomic E-state index is 0.0494. The van der Waals surface area contributed by atoms with Crippen molar-refractivity contribution in [1.29, 1.82) is 0 Å². The number of anilines is 2. The molecular formula is C25H29ClF4N6O3S. The van der Waals surface area contributed by atoms with Gasteiger partial charge in [-0.05, 0) is 63.3 Å². The lowest BCUT2D eigenvalue weighted by molar-refractivity contribution is -0.129. The maximum Gasteiger partial charge on any atom is 0.390 e. The summed E-state index contributed by atoms with van der Waals surface area (Å²) in [5.74, 6) is -2.13. The lowest BCUT2D eigenvalue weighted by Crippen LogP contribution is -2.35. The standard InChI is InChI=1S/C25H29ClF4N6O3S/c1-14(2)35-22-16(13-32-24(34-22)33-18-5-3-4-17(31)12-18)10-19(23(35)37)15-6-7-21(20(27)11-15)36(26)40(38,39)9-8-25(28,29)30/h6-7,10-11,13-14,17-18H,3-5,8-9,12,31H2,1-2H3,(H,32,33,34)/t17-,18-/m0/s1. The van der Waals surface area contributed by atoms with E-state index in [1.165, 1.54) is 16.7 Å². The molecule has 2 aromatic heterocycles. The van der Waals surface area contributed by atoms with Crippen molar-refractivity contribution < 1.29 is 26.0 Å². The zero-order chi connectivity index (χ0) is 29.4. The van der Waals surface area contributed by atoms with Crippen molar-refractivity contribution in [2.24, 2.45) is 5.73 Å². The second-order valence-corrected chi connectivity index (χ2v) is 12.6. The van der Waals surface area contributed by atoms with Crippen LogP contribution in [0.1, 0.15) is 52.0 Å². The van der Waals surface area contributed by atoms with Gasteiger partial charge in [0, 0.05) is 47.0 Å². The van der Waals surface area contributed by atoms with Gasteiger partial charge in [0.05, 0.1) is 12.2 Å². The van der Waals surface area contributed by atoms with Crippen molar-refractivity contribution >= 4 is 44.5 Å². The lowest BCUT2D eigenvalue weighted by atomic mass is 9.92. The van der Waals surface area contributed by atoms with Crippen molar-refractivity contribution in [3.63, 3.8) is 0 Å². The van der Waals surface area contributed by atoms with Crippen LogP contribution in [0.2, 0.25) is 0 Å². The first-order valence-electron chi connectivity index (χ1n) is 12.7. The Morgan fingerprint density at radius 3 is 2.60 bits per heavy atom. The van der Waals surface area contributed by atoms with Gasteiger partial charge in [0.15, 0.2) is 0 Å². The molecule has 9 nitrogen and oxygen atoms in total. The van der Waals surface area contributed by atoms with E-state index >= 15 is 4.39 Å². The Morgan fingerprint density at radius 2 is 1.98 bits per heavy atom. The molecule has 3 aromatic rings. The fraction of sp³-hybridized carbons (Fsp3) is 0.480. The van der Waals surface area contributed by atoms with Crippen LogP contribution in [-0.2, 0) is 10.0 Å². The van der Waals surface area contributed by atoms with Gasteiger partial charge in [0.1, 0.15) is 17.2 Å². The largest absolute Gasteiger partial charge is 0.390 e. The van der Waals surface area contributed by atoms with Crippen LogP contribution < -0.4 is 20.4 Å². The summed E-state index contributed by atoms with van der Waals surface area (Å²) < 4.78 is 78.4. The molecule has 1 aromatic carbocycles. The summed E-state index contributed by atoms with van der Waals surface area (Å²) in [6, 6.07) is 4.54. The van der Waals surface area contributed by atoms with Crippen molar-refractivity contribution in [2.45, 2.75) is 70.3 Å². The highest BCUT2D eigenvalue weighted by Crippen LogP contribution is 2.31. The Hall–Kier alpha value is -2.97. The highest BCUT2D eigenvalue weighted by Gasteiger charge is 2.33. The van der Waals surface area contributed by atoms with Gasteiger partial charge in [0.25, 0.3) is 5.56 Å². The number of pyridine rings is 1. The molecule has 0 radical (unpaired) electrons. The first-order chi connectivity index (χ1) is 18.7. The molecular weight excluding hydrogens is 576 g/mol. The van der Waals surface area contributed by atoms with Crippen LogP contribution in [0.25, 0.3) is 22.2 Å². The molecule has 0 spiro atoms. The molecule has 40 heavy (non-hydrogen) atoms. The molecule has 0 amide bonds. The number of halogens is 5. The summed E-state index contributed by atoms with van der Waals surface area (Å²) in [5.41, 5.74) is 5.52. The summed E-state index contributed by atoms with van der Waals surface area (Å²) in [5, 5.41) is 3.80. The Labute approximate surface area is 233 Å². The SMILES string of the molecule is CC(C)n1c(=O)c(-c2ccc(N(Cl)S(=O)(=O)CCC(F)(F)F)c(F)c2)cc2cnc(N[C@H]3CCC[C@H](N)C3)nc21. The van der Waals surface area contributed by atoms with Gasteiger partial charge in [-0.1, -0.05) is 6.07 Å². The second-order valence-electron chi connectivity index (χ2n) is 10.1. The molecule has 0 unspecified atom stereocenters. The van der Waals surface area contributed by atoms with E-state index in [0.29, 0.717) is 17.0 Å². The van der Waals surface area contributed by atoms with Crippen molar-refractivity contribution in [3.05, 3.63) is 46.6 Å². The van der Waals surface area contributed by atoms with E-state index in [1.54, 1.807) is 20.0 Å². The quantitative estimate of drug-likeness (QED) is 0.271. The van der Waals surface area contributed by atoms with Gasteiger partial charge >= 0.3 is 6.18 Å². The first kappa shape index (κ1) is 30.0. The predicted octanol–water partition coefficient (Wildman–Crippen LogP) is 5.10. The fourth-order valence-corrected chi connectivity index (χ4v) is 6.15. The molecule has 1 aliphatic rings.